The van der Waals surface area contributed by atoms with Crippen molar-refractivity contribution in [2.75, 3.05) is 25.5 Å². The molecule has 0 bridgehead atoms. The van der Waals surface area contributed by atoms with Crippen LogP contribution >= 0.6 is 12.2 Å². The number of amides is 1. The molecular formula is C14H20N4OS. The van der Waals surface area contributed by atoms with Gasteiger partial charge in [-0.2, -0.15) is 0 Å². The predicted octanol–water partition coefficient (Wildman–Crippen LogP) is 0.777. The Bertz CT molecular complexity index is 544. The minimum Gasteiger partial charge on any atom is -0.389 e. The molecule has 0 radical (unpaired) electrons. The summed E-state index contributed by atoms with van der Waals surface area (Å²) in [7, 11) is 3.44. The first kappa shape index (κ1) is 14.7. The lowest BCUT2D eigenvalue weighted by atomic mass is 9.94. The lowest BCUT2D eigenvalue weighted by Crippen LogP contribution is -2.35. The standard InChI is InChI=1S/C14H20N4OS/c1-16-12(19)8-18(2)14-10(13(15)20)7-9-5-3-4-6-11(9)17-14/h7H,3-6,8H2,1-2H3,(H2,15,20)(H,16,19). The van der Waals surface area contributed by atoms with E-state index in [1.54, 1.807) is 11.9 Å². The van der Waals surface area contributed by atoms with Gasteiger partial charge in [0.15, 0.2) is 0 Å². The largest absolute Gasteiger partial charge is 0.389 e. The molecule has 0 spiro atoms. The molecule has 0 saturated heterocycles. The molecule has 1 amide bonds. The average Bonchev–Trinajstić information content (AvgIpc) is 2.45. The fourth-order valence-electron chi connectivity index (χ4n) is 2.46. The Balaban J connectivity index is 2.39. The number of nitrogens with zero attached hydrogens (tertiary/aromatic N) is 2. The predicted molar refractivity (Wildman–Crippen MR) is 84.1 cm³/mol. The second-order valence-electron chi connectivity index (χ2n) is 5.07. The molecule has 3 N–H and O–H groups in total. The van der Waals surface area contributed by atoms with Gasteiger partial charge in [-0.05, 0) is 37.3 Å². The maximum absolute atomic E-state index is 11.5. The van der Waals surface area contributed by atoms with Gasteiger partial charge in [-0.25, -0.2) is 4.98 Å². The lowest BCUT2D eigenvalue weighted by molar-refractivity contribution is -0.119. The summed E-state index contributed by atoms with van der Waals surface area (Å²) in [6.07, 6.45) is 4.34. The zero-order valence-electron chi connectivity index (χ0n) is 11.9. The Kier molecular flexibility index (Phi) is 4.54. The highest BCUT2D eigenvalue weighted by molar-refractivity contribution is 7.80. The van der Waals surface area contributed by atoms with E-state index in [1.165, 1.54) is 12.0 Å². The van der Waals surface area contributed by atoms with Gasteiger partial charge in [-0.1, -0.05) is 12.2 Å². The van der Waals surface area contributed by atoms with Crippen molar-refractivity contribution in [2.45, 2.75) is 25.7 Å². The van der Waals surface area contributed by atoms with Crippen molar-refractivity contribution in [3.8, 4) is 0 Å². The van der Waals surface area contributed by atoms with Crippen molar-refractivity contribution in [3.05, 3.63) is 22.9 Å². The second kappa shape index (κ2) is 6.17. The SMILES string of the molecule is CNC(=O)CN(C)c1nc2c(cc1C(N)=S)CCCC2. The number of nitrogens with one attached hydrogen (secondary N) is 1. The normalized spacial score (nSPS) is 13.5. The van der Waals surface area contributed by atoms with Gasteiger partial charge in [-0.3, -0.25) is 4.79 Å². The molecular weight excluding hydrogens is 272 g/mol. The van der Waals surface area contributed by atoms with Gasteiger partial charge in [0.1, 0.15) is 10.8 Å². The molecule has 0 aliphatic heterocycles. The zero-order chi connectivity index (χ0) is 14.7. The van der Waals surface area contributed by atoms with Crippen molar-refractivity contribution in [2.24, 2.45) is 5.73 Å². The molecule has 1 aliphatic carbocycles. The molecule has 20 heavy (non-hydrogen) atoms. The van der Waals surface area contributed by atoms with E-state index in [0.717, 1.165) is 30.5 Å². The van der Waals surface area contributed by atoms with E-state index in [1.807, 2.05) is 13.1 Å². The molecule has 6 heteroatoms. The molecule has 2 rings (SSSR count). The first-order valence-electron chi connectivity index (χ1n) is 6.77. The van der Waals surface area contributed by atoms with Crippen LogP contribution in [0.25, 0.3) is 0 Å². The van der Waals surface area contributed by atoms with Crippen LogP contribution in [0, 0.1) is 0 Å². The van der Waals surface area contributed by atoms with Crippen molar-refractivity contribution < 1.29 is 4.79 Å². The maximum atomic E-state index is 11.5. The molecule has 0 atom stereocenters. The zero-order valence-corrected chi connectivity index (χ0v) is 12.7. The van der Waals surface area contributed by atoms with Gasteiger partial charge in [0.25, 0.3) is 0 Å². The van der Waals surface area contributed by atoms with Crippen LogP contribution in [0.1, 0.15) is 29.7 Å². The first-order valence-corrected chi connectivity index (χ1v) is 7.18. The van der Waals surface area contributed by atoms with Crippen LogP contribution in [0.2, 0.25) is 0 Å². The van der Waals surface area contributed by atoms with Gasteiger partial charge in [0.2, 0.25) is 5.91 Å². The van der Waals surface area contributed by atoms with Crippen LogP contribution in [0.5, 0.6) is 0 Å². The fourth-order valence-corrected chi connectivity index (χ4v) is 2.61. The van der Waals surface area contributed by atoms with Crippen LogP contribution in [-0.4, -0.2) is 36.5 Å². The Labute approximate surface area is 124 Å². The number of anilines is 1. The third-order valence-corrected chi connectivity index (χ3v) is 3.79. The quantitative estimate of drug-likeness (QED) is 0.802. The van der Waals surface area contributed by atoms with Crippen molar-refractivity contribution in [1.82, 2.24) is 10.3 Å². The molecule has 0 aromatic carbocycles. The highest BCUT2D eigenvalue weighted by Gasteiger charge is 2.19. The van der Waals surface area contributed by atoms with E-state index in [-0.39, 0.29) is 12.5 Å². The summed E-state index contributed by atoms with van der Waals surface area (Å²) in [5.41, 5.74) is 8.91. The molecule has 1 aromatic rings. The lowest BCUT2D eigenvalue weighted by Gasteiger charge is -2.24. The topological polar surface area (TPSA) is 71.2 Å². The summed E-state index contributed by atoms with van der Waals surface area (Å²) in [6.45, 7) is 0.234. The Morgan fingerprint density at radius 1 is 1.50 bits per heavy atom. The number of nitrogens with two attached hydrogens (primary N) is 1. The van der Waals surface area contributed by atoms with Crippen molar-refractivity contribution >= 4 is 28.9 Å². The molecule has 0 saturated carbocycles. The van der Waals surface area contributed by atoms with Crippen LogP contribution in [0.15, 0.2) is 6.07 Å². The molecule has 1 aliphatic rings. The number of thiocarbonyl (C=S) groups is 1. The smallest absolute Gasteiger partial charge is 0.239 e. The van der Waals surface area contributed by atoms with Crippen molar-refractivity contribution in [3.63, 3.8) is 0 Å². The van der Waals surface area contributed by atoms with Crippen LogP contribution in [0.3, 0.4) is 0 Å². The van der Waals surface area contributed by atoms with E-state index < -0.39 is 0 Å². The first-order chi connectivity index (χ1) is 9.52. The van der Waals surface area contributed by atoms with Crippen LogP contribution in [-0.2, 0) is 17.6 Å². The monoisotopic (exact) mass is 292 g/mol. The Morgan fingerprint density at radius 2 is 2.20 bits per heavy atom. The average molecular weight is 292 g/mol. The van der Waals surface area contributed by atoms with Gasteiger partial charge >= 0.3 is 0 Å². The Hall–Kier alpha value is -1.69. The summed E-state index contributed by atoms with van der Waals surface area (Å²) < 4.78 is 0. The molecule has 1 heterocycles. The third-order valence-electron chi connectivity index (χ3n) is 3.57. The Morgan fingerprint density at radius 3 is 2.85 bits per heavy atom. The third kappa shape index (κ3) is 3.07. The number of hydrogen-bond acceptors (Lipinski definition) is 4. The van der Waals surface area contributed by atoms with E-state index in [0.29, 0.717) is 10.8 Å². The van der Waals surface area contributed by atoms with Gasteiger partial charge in [-0.15, -0.1) is 0 Å². The number of rotatable bonds is 4. The minimum atomic E-state index is -0.0686. The summed E-state index contributed by atoms with van der Waals surface area (Å²) in [6, 6.07) is 2.04. The number of hydrogen-bond donors (Lipinski definition) is 2. The number of carbonyl (C=O) groups is 1. The number of pyridine rings is 1. The molecule has 0 unspecified atom stereocenters. The number of aryl methyl sites for hydroxylation is 2. The van der Waals surface area contributed by atoms with E-state index in [4.69, 9.17) is 22.9 Å². The van der Waals surface area contributed by atoms with Crippen molar-refractivity contribution in [1.29, 1.82) is 0 Å². The minimum absolute atomic E-state index is 0.0686. The highest BCUT2D eigenvalue weighted by atomic mass is 32.1. The summed E-state index contributed by atoms with van der Waals surface area (Å²) in [4.78, 5) is 18.3. The molecule has 5 nitrogen and oxygen atoms in total. The summed E-state index contributed by atoms with van der Waals surface area (Å²) in [5, 5.41) is 2.60. The number of likely N-dealkylation sites (N-methyl/N-ethyl adjacent to an activating group) is 2. The van der Waals surface area contributed by atoms with Crippen LogP contribution in [0.4, 0.5) is 5.82 Å². The van der Waals surface area contributed by atoms with Gasteiger partial charge < -0.3 is 16.0 Å². The van der Waals surface area contributed by atoms with Gasteiger partial charge in [0.05, 0.1) is 12.1 Å². The van der Waals surface area contributed by atoms with E-state index in [9.17, 15) is 4.79 Å². The molecule has 1 aromatic heterocycles. The molecule has 108 valence electrons. The maximum Gasteiger partial charge on any atom is 0.239 e. The fraction of sp³-hybridized carbons (Fsp3) is 0.500. The van der Waals surface area contributed by atoms with Crippen LogP contribution < -0.4 is 16.0 Å². The number of aromatic nitrogens is 1. The van der Waals surface area contributed by atoms with E-state index in [2.05, 4.69) is 5.32 Å². The van der Waals surface area contributed by atoms with Gasteiger partial charge in [0, 0.05) is 19.8 Å². The summed E-state index contributed by atoms with van der Waals surface area (Å²) in [5.74, 6) is 0.627. The number of carbonyl (C=O) groups excluding carboxylic acids is 1. The molecule has 0 fully saturated rings. The number of fused-ring (bicyclic) bond motifs is 1. The van der Waals surface area contributed by atoms with E-state index >= 15 is 0 Å². The summed E-state index contributed by atoms with van der Waals surface area (Å²) >= 11 is 5.13. The highest BCUT2D eigenvalue weighted by Crippen LogP contribution is 2.26. The second-order valence-corrected chi connectivity index (χ2v) is 5.51.